The number of rotatable bonds is 0. The summed E-state index contributed by atoms with van der Waals surface area (Å²) in [4.78, 5) is 14.1. The summed E-state index contributed by atoms with van der Waals surface area (Å²) in [5, 5.41) is 0. The quantitative estimate of drug-likeness (QED) is 0.241. The van der Waals surface area contributed by atoms with Crippen molar-refractivity contribution in [2.24, 2.45) is 11.8 Å². The predicted molar refractivity (Wildman–Crippen MR) is 200 cm³/mol. The molecule has 3 unspecified atom stereocenters. The number of ether oxygens (including phenoxy) is 12. The number of carbonyl (C=O) groups excluding carboxylic acids is 1. The number of fused-ring (bicyclic) bond motifs is 8. The van der Waals surface area contributed by atoms with Gasteiger partial charge in [0.1, 0.15) is 42.7 Å². The van der Waals surface area contributed by atoms with Gasteiger partial charge in [0, 0.05) is 31.6 Å². The minimum atomic E-state index is -0.794. The van der Waals surface area contributed by atoms with Crippen molar-refractivity contribution in [1.29, 1.82) is 0 Å². The van der Waals surface area contributed by atoms with Crippen molar-refractivity contribution in [3.8, 4) is 0 Å². The van der Waals surface area contributed by atoms with E-state index in [4.69, 9.17) is 56.8 Å². The van der Waals surface area contributed by atoms with E-state index in [1.165, 1.54) is 0 Å². The van der Waals surface area contributed by atoms with Crippen LogP contribution in [0.5, 0.6) is 0 Å². The fourth-order valence-electron chi connectivity index (χ4n) is 12.5. The highest BCUT2D eigenvalue weighted by atomic mass is 16.8. The Kier molecular flexibility index (Phi) is 9.64. The average molecular weight is 799 g/mol. The van der Waals surface area contributed by atoms with Crippen molar-refractivity contribution in [2.75, 3.05) is 6.61 Å². The summed E-state index contributed by atoms with van der Waals surface area (Å²) in [5.41, 5.74) is 2.20. The van der Waals surface area contributed by atoms with Crippen LogP contribution in [0.2, 0.25) is 0 Å². The smallest absolute Gasteiger partial charge is 0.308 e. The largest absolute Gasteiger partial charge is 0.459 e. The lowest BCUT2D eigenvalue weighted by atomic mass is 9.79. The van der Waals surface area contributed by atoms with Crippen LogP contribution in [0.4, 0.5) is 0 Å². The second-order valence-corrected chi connectivity index (χ2v) is 19.8. The highest BCUT2D eigenvalue weighted by molar-refractivity contribution is 5.70. The molecule has 12 heterocycles. The van der Waals surface area contributed by atoms with Crippen LogP contribution >= 0.6 is 0 Å². The molecule has 57 heavy (non-hydrogen) atoms. The minimum Gasteiger partial charge on any atom is -0.459 e. The lowest BCUT2D eigenvalue weighted by Gasteiger charge is -2.53. The number of hydrogen-bond donors (Lipinski definition) is 0. The first-order valence-electron chi connectivity index (χ1n) is 22.2. The molecule has 0 saturated carbocycles. The third-order valence-corrected chi connectivity index (χ3v) is 15.4. The third kappa shape index (κ3) is 6.81. The van der Waals surface area contributed by atoms with Gasteiger partial charge in [-0.1, -0.05) is 27.0 Å². The maximum atomic E-state index is 14.1. The van der Waals surface area contributed by atoms with E-state index in [2.05, 4.69) is 27.0 Å². The monoisotopic (exact) mass is 798 g/mol. The highest BCUT2D eigenvalue weighted by Crippen LogP contribution is 2.54. The van der Waals surface area contributed by atoms with Gasteiger partial charge in [0.25, 0.3) is 0 Å². The molecule has 0 aromatic heterocycles. The molecule has 21 atom stereocenters. The topological polar surface area (TPSA) is 128 Å². The van der Waals surface area contributed by atoms with E-state index in [0.717, 1.165) is 49.7 Å². The van der Waals surface area contributed by atoms with Gasteiger partial charge in [-0.05, 0) is 75.9 Å². The Bertz CT molecular complexity index is 1600. The first-order chi connectivity index (χ1) is 27.4. The van der Waals surface area contributed by atoms with E-state index in [-0.39, 0.29) is 122 Å². The molecular formula is C44H62O13. The van der Waals surface area contributed by atoms with Gasteiger partial charge >= 0.3 is 5.97 Å². The summed E-state index contributed by atoms with van der Waals surface area (Å²) in [6.07, 6.45) is 4.24. The maximum absolute atomic E-state index is 14.1. The Morgan fingerprint density at radius 2 is 1.32 bits per heavy atom. The summed E-state index contributed by atoms with van der Waals surface area (Å²) in [6, 6.07) is 0. The Morgan fingerprint density at radius 3 is 2.19 bits per heavy atom. The predicted octanol–water partition coefficient (Wildman–Crippen LogP) is 4.99. The lowest BCUT2D eigenvalue weighted by molar-refractivity contribution is -0.356. The molecule has 0 radical (unpaired) electrons. The second-order valence-electron chi connectivity index (χ2n) is 19.8. The zero-order valence-electron chi connectivity index (χ0n) is 34.0. The number of hydrogen-bond acceptors (Lipinski definition) is 13. The summed E-state index contributed by atoms with van der Waals surface area (Å²) in [7, 11) is 0. The molecule has 0 aromatic rings. The van der Waals surface area contributed by atoms with Crippen molar-refractivity contribution in [3.05, 3.63) is 24.3 Å². The van der Waals surface area contributed by atoms with Gasteiger partial charge in [-0.3, -0.25) is 4.79 Å². The van der Waals surface area contributed by atoms with Crippen LogP contribution in [0.3, 0.4) is 0 Å². The molecule has 12 aliphatic heterocycles. The van der Waals surface area contributed by atoms with Crippen molar-refractivity contribution < 1.29 is 61.6 Å². The Balaban J connectivity index is 0.879. The Hall–Kier alpha value is -1.49. The molecule has 12 fully saturated rings. The van der Waals surface area contributed by atoms with Gasteiger partial charge < -0.3 is 56.8 Å². The normalized spacial score (nSPS) is 55.5. The zero-order valence-corrected chi connectivity index (χ0v) is 34.0. The molecule has 12 saturated heterocycles. The van der Waals surface area contributed by atoms with E-state index in [1.54, 1.807) is 0 Å². The van der Waals surface area contributed by atoms with Crippen LogP contribution in [0.1, 0.15) is 105 Å². The molecule has 0 N–H and O–H groups in total. The number of esters is 1. The fourth-order valence-corrected chi connectivity index (χ4v) is 12.5. The van der Waals surface area contributed by atoms with Crippen LogP contribution in [-0.4, -0.2) is 134 Å². The summed E-state index contributed by atoms with van der Waals surface area (Å²) < 4.78 is 80.1. The van der Waals surface area contributed by atoms with Crippen LogP contribution in [0, 0.1) is 11.8 Å². The second kappa shape index (κ2) is 14.3. The van der Waals surface area contributed by atoms with Crippen LogP contribution in [0.25, 0.3) is 0 Å². The first-order valence-corrected chi connectivity index (χ1v) is 22.2. The van der Waals surface area contributed by atoms with Gasteiger partial charge in [0.05, 0.1) is 80.2 Å². The molecule has 316 valence electrons. The zero-order chi connectivity index (χ0) is 39.0. The molecule has 12 aliphatic rings. The highest BCUT2D eigenvalue weighted by Gasteiger charge is 2.69. The van der Waals surface area contributed by atoms with Gasteiger partial charge in [-0.15, -0.1) is 0 Å². The molecule has 12 rings (SSSR count). The summed E-state index contributed by atoms with van der Waals surface area (Å²) >= 11 is 0. The van der Waals surface area contributed by atoms with Crippen molar-refractivity contribution in [1.82, 2.24) is 0 Å². The van der Waals surface area contributed by atoms with E-state index in [0.29, 0.717) is 38.7 Å². The average Bonchev–Trinajstić information content (AvgIpc) is 3.75. The van der Waals surface area contributed by atoms with E-state index < -0.39 is 23.8 Å². The van der Waals surface area contributed by atoms with Crippen molar-refractivity contribution >= 4 is 5.97 Å². The van der Waals surface area contributed by atoms with Crippen molar-refractivity contribution in [2.45, 2.75) is 226 Å². The molecular weight excluding hydrogens is 736 g/mol. The molecule has 0 aromatic carbocycles. The first kappa shape index (κ1) is 38.4. The van der Waals surface area contributed by atoms with E-state index >= 15 is 0 Å². The summed E-state index contributed by atoms with van der Waals surface area (Å²) in [5.74, 6) is -1.69. The fraction of sp³-hybridized carbons (Fsp3) is 0.886. The molecule has 0 aliphatic carbocycles. The lowest BCUT2D eigenvalue weighted by Crippen LogP contribution is -2.64. The van der Waals surface area contributed by atoms with Gasteiger partial charge in [-0.25, -0.2) is 0 Å². The van der Waals surface area contributed by atoms with Gasteiger partial charge in [0.15, 0.2) is 11.6 Å². The Labute approximate surface area is 336 Å². The van der Waals surface area contributed by atoms with Gasteiger partial charge in [0.2, 0.25) is 0 Å². The third-order valence-electron chi connectivity index (χ3n) is 15.4. The van der Waals surface area contributed by atoms with Crippen molar-refractivity contribution in [3.63, 3.8) is 0 Å². The van der Waals surface area contributed by atoms with Crippen LogP contribution < -0.4 is 0 Å². The molecule has 0 amide bonds. The van der Waals surface area contributed by atoms with Crippen LogP contribution in [-0.2, 0) is 61.6 Å². The minimum absolute atomic E-state index is 0.0204. The maximum Gasteiger partial charge on any atom is 0.308 e. The van der Waals surface area contributed by atoms with E-state index in [1.807, 2.05) is 13.8 Å². The SMILES string of the molecule is C=C1C2C[C@@H]3O[C@H]4C[C@H]5OC(C)(C)OC[C@H]5O[C@H]4[C@H](C)[C@H]3OC(=O)C[C@H]3CC[C@@H]4OC5[C@H]6O[C@@H]7C[C@](CC[C@H]8CC(=C)[C@H](CC[C@@H](C[C@H]1C)O2)O8)(OC6[C@H]4O3)O[C@@H]57. The van der Waals surface area contributed by atoms with Crippen LogP contribution in [0.15, 0.2) is 24.3 Å². The summed E-state index contributed by atoms with van der Waals surface area (Å²) in [6.45, 7) is 17.7. The Morgan fingerprint density at radius 1 is 0.579 bits per heavy atom. The molecule has 13 nitrogen and oxygen atoms in total. The van der Waals surface area contributed by atoms with Gasteiger partial charge in [-0.2, -0.15) is 0 Å². The molecule has 13 heteroatoms. The molecule has 1 spiro atoms. The number of carbonyl (C=O) groups is 1. The van der Waals surface area contributed by atoms with E-state index in [9.17, 15) is 4.79 Å². The molecule has 12 bridgehead atoms. The standard InChI is InChI=1S/C44H62O13/c1-20-13-24-7-9-27-21(2)14-26(47-27)11-12-44-18-33-39(56-44)40-41(52-33)42(57-44)38-28(51-40)10-8-25(49-38)15-35(45)54-37-23(4)36-32(50-31(37)16-29(48-24)22(20)3)17-30-34(53-36)19-46-43(5,6)55-30/h20,23-34,36-42H,2-3,7-19H2,1,4-6H3/t20-,23+,24+,25-,26+,27+,28+,29?,30-,31+,32+,33-,34-,36+,37-,38+,39-,40?,41-,42?,44+/m1/s1.